The van der Waals surface area contributed by atoms with Crippen LogP contribution in [-0.2, 0) is 4.74 Å². The van der Waals surface area contributed by atoms with E-state index in [4.69, 9.17) is 9.47 Å². The topological polar surface area (TPSA) is 42.0 Å². The van der Waals surface area contributed by atoms with E-state index in [9.17, 15) is 4.79 Å². The molecule has 2 fully saturated rings. The minimum Gasteiger partial charge on any atom is -0.491 e. The van der Waals surface area contributed by atoms with E-state index in [0.717, 1.165) is 63.5 Å². The van der Waals surface area contributed by atoms with Gasteiger partial charge in [0.15, 0.2) is 0 Å². The van der Waals surface area contributed by atoms with Crippen LogP contribution in [0.5, 0.6) is 5.75 Å². The molecule has 2 saturated heterocycles. The predicted octanol–water partition coefficient (Wildman–Crippen LogP) is 3.72. The minimum atomic E-state index is 0.0974. The summed E-state index contributed by atoms with van der Waals surface area (Å²) < 4.78 is 11.4. The SMILES string of the molecule is O=C(c1ccc(OCC2CCCO2)cc1)N1CCN(CC=Cc2ccccc2)CC1. The molecule has 30 heavy (non-hydrogen) atoms. The molecule has 0 radical (unpaired) electrons. The van der Waals surface area contributed by atoms with E-state index in [-0.39, 0.29) is 12.0 Å². The van der Waals surface area contributed by atoms with E-state index in [1.54, 1.807) is 0 Å². The highest BCUT2D eigenvalue weighted by Crippen LogP contribution is 2.18. The number of piperazine rings is 1. The van der Waals surface area contributed by atoms with E-state index in [2.05, 4.69) is 29.2 Å². The Morgan fingerprint density at radius 3 is 2.50 bits per heavy atom. The average Bonchev–Trinajstić information content (AvgIpc) is 3.33. The number of rotatable bonds is 7. The van der Waals surface area contributed by atoms with Gasteiger partial charge < -0.3 is 14.4 Å². The fourth-order valence-corrected chi connectivity index (χ4v) is 3.88. The fourth-order valence-electron chi connectivity index (χ4n) is 3.88. The lowest BCUT2D eigenvalue weighted by molar-refractivity contribution is 0.0648. The highest BCUT2D eigenvalue weighted by Gasteiger charge is 2.21. The molecule has 0 aromatic heterocycles. The van der Waals surface area contributed by atoms with Crippen LogP contribution < -0.4 is 4.74 Å². The standard InChI is InChI=1S/C25H30N2O3/c28-25(22-10-12-23(13-11-22)30-20-24-9-5-19-29-24)27-17-15-26(16-18-27)14-4-8-21-6-2-1-3-7-21/h1-4,6-8,10-13,24H,5,9,14-20H2. The van der Waals surface area contributed by atoms with Crippen LogP contribution in [0.4, 0.5) is 0 Å². The van der Waals surface area contributed by atoms with Crippen LogP contribution in [0.1, 0.15) is 28.8 Å². The average molecular weight is 407 g/mol. The van der Waals surface area contributed by atoms with Crippen LogP contribution in [0.3, 0.4) is 0 Å². The summed E-state index contributed by atoms with van der Waals surface area (Å²) in [5, 5.41) is 0. The smallest absolute Gasteiger partial charge is 0.253 e. The zero-order valence-electron chi connectivity index (χ0n) is 17.4. The van der Waals surface area contributed by atoms with Gasteiger partial charge in [0, 0.05) is 44.9 Å². The van der Waals surface area contributed by atoms with Crippen molar-refractivity contribution in [2.75, 3.05) is 45.9 Å². The number of carbonyl (C=O) groups is 1. The van der Waals surface area contributed by atoms with Crippen molar-refractivity contribution in [1.29, 1.82) is 0 Å². The van der Waals surface area contributed by atoms with Crippen molar-refractivity contribution in [3.8, 4) is 5.75 Å². The Hall–Kier alpha value is -2.63. The predicted molar refractivity (Wildman–Crippen MR) is 119 cm³/mol. The molecule has 5 heteroatoms. The zero-order valence-corrected chi connectivity index (χ0v) is 17.4. The van der Waals surface area contributed by atoms with Crippen LogP contribution in [0, 0.1) is 0 Å². The molecule has 2 heterocycles. The van der Waals surface area contributed by atoms with Crippen molar-refractivity contribution in [3.05, 3.63) is 71.8 Å². The first-order chi connectivity index (χ1) is 14.8. The lowest BCUT2D eigenvalue weighted by Gasteiger charge is -2.34. The molecule has 158 valence electrons. The van der Waals surface area contributed by atoms with Gasteiger partial charge in [-0.05, 0) is 42.7 Å². The quantitative estimate of drug-likeness (QED) is 0.703. The summed E-state index contributed by atoms with van der Waals surface area (Å²) in [6, 6.07) is 17.8. The summed E-state index contributed by atoms with van der Waals surface area (Å²) >= 11 is 0. The molecule has 2 aliphatic rings. The molecular formula is C25H30N2O3. The maximum Gasteiger partial charge on any atom is 0.253 e. The Morgan fingerprint density at radius 1 is 1.03 bits per heavy atom. The molecule has 2 aliphatic heterocycles. The number of amides is 1. The first-order valence-electron chi connectivity index (χ1n) is 10.9. The van der Waals surface area contributed by atoms with Crippen molar-refractivity contribution < 1.29 is 14.3 Å². The Labute approximate surface area is 178 Å². The second-order valence-corrected chi connectivity index (χ2v) is 7.88. The third kappa shape index (κ3) is 5.71. The molecule has 5 nitrogen and oxygen atoms in total. The summed E-state index contributed by atoms with van der Waals surface area (Å²) in [7, 11) is 0. The third-order valence-electron chi connectivity index (χ3n) is 5.69. The molecule has 1 atom stereocenters. The summed E-state index contributed by atoms with van der Waals surface area (Å²) in [5.74, 6) is 0.886. The number of hydrogen-bond donors (Lipinski definition) is 0. The fraction of sp³-hybridized carbons (Fsp3) is 0.400. The van der Waals surface area contributed by atoms with Crippen molar-refractivity contribution >= 4 is 12.0 Å². The van der Waals surface area contributed by atoms with Crippen LogP contribution in [0.25, 0.3) is 6.08 Å². The number of hydrogen-bond acceptors (Lipinski definition) is 4. The molecule has 0 saturated carbocycles. The minimum absolute atomic E-state index is 0.0974. The highest BCUT2D eigenvalue weighted by atomic mass is 16.5. The van der Waals surface area contributed by atoms with Crippen molar-refractivity contribution in [2.45, 2.75) is 18.9 Å². The van der Waals surface area contributed by atoms with Crippen molar-refractivity contribution in [2.24, 2.45) is 0 Å². The molecule has 0 aliphatic carbocycles. The molecule has 0 bridgehead atoms. The largest absolute Gasteiger partial charge is 0.491 e. The first kappa shape index (κ1) is 20.6. The Bertz CT molecular complexity index is 821. The van der Waals surface area contributed by atoms with Gasteiger partial charge in [-0.2, -0.15) is 0 Å². The van der Waals surface area contributed by atoms with E-state index in [1.807, 2.05) is 47.4 Å². The second kappa shape index (κ2) is 10.4. The summed E-state index contributed by atoms with van der Waals surface area (Å²) in [4.78, 5) is 17.1. The van der Waals surface area contributed by atoms with Crippen LogP contribution in [-0.4, -0.2) is 67.7 Å². The van der Waals surface area contributed by atoms with Crippen molar-refractivity contribution in [1.82, 2.24) is 9.80 Å². The summed E-state index contributed by atoms with van der Waals surface area (Å²) in [6.45, 7) is 5.63. The second-order valence-electron chi connectivity index (χ2n) is 7.88. The van der Waals surface area contributed by atoms with Gasteiger partial charge in [0.25, 0.3) is 5.91 Å². The molecule has 2 aromatic carbocycles. The van der Waals surface area contributed by atoms with Gasteiger partial charge in [-0.3, -0.25) is 9.69 Å². The Morgan fingerprint density at radius 2 is 1.80 bits per heavy atom. The van der Waals surface area contributed by atoms with Gasteiger partial charge in [-0.25, -0.2) is 0 Å². The van der Waals surface area contributed by atoms with E-state index in [0.29, 0.717) is 6.61 Å². The van der Waals surface area contributed by atoms with Gasteiger partial charge in [0.05, 0.1) is 6.10 Å². The summed E-state index contributed by atoms with van der Waals surface area (Å²) in [6.07, 6.45) is 6.72. The van der Waals surface area contributed by atoms with Crippen LogP contribution in [0.15, 0.2) is 60.7 Å². The lowest BCUT2D eigenvalue weighted by Crippen LogP contribution is -2.48. The zero-order chi connectivity index (χ0) is 20.6. The van der Waals surface area contributed by atoms with Crippen LogP contribution in [0.2, 0.25) is 0 Å². The number of nitrogens with zero attached hydrogens (tertiary/aromatic N) is 2. The maximum atomic E-state index is 12.8. The third-order valence-corrected chi connectivity index (χ3v) is 5.69. The van der Waals surface area contributed by atoms with Gasteiger partial charge in [0.1, 0.15) is 12.4 Å². The number of carbonyl (C=O) groups excluding carboxylic acids is 1. The van der Waals surface area contributed by atoms with Crippen molar-refractivity contribution in [3.63, 3.8) is 0 Å². The van der Waals surface area contributed by atoms with Gasteiger partial charge in [0.2, 0.25) is 0 Å². The number of benzene rings is 2. The van der Waals surface area contributed by atoms with E-state index >= 15 is 0 Å². The molecular weight excluding hydrogens is 376 g/mol. The molecule has 4 rings (SSSR count). The number of ether oxygens (including phenoxy) is 2. The van der Waals surface area contributed by atoms with Gasteiger partial charge in [-0.15, -0.1) is 0 Å². The van der Waals surface area contributed by atoms with E-state index < -0.39 is 0 Å². The molecule has 0 N–H and O–H groups in total. The summed E-state index contributed by atoms with van der Waals surface area (Å²) in [5.41, 5.74) is 1.94. The van der Waals surface area contributed by atoms with E-state index in [1.165, 1.54) is 5.56 Å². The highest BCUT2D eigenvalue weighted by molar-refractivity contribution is 5.94. The molecule has 1 amide bonds. The lowest BCUT2D eigenvalue weighted by atomic mass is 10.1. The Kier molecular flexibility index (Phi) is 7.16. The van der Waals surface area contributed by atoms with Gasteiger partial charge in [-0.1, -0.05) is 42.5 Å². The Balaban J connectivity index is 1.21. The molecule has 2 aromatic rings. The van der Waals surface area contributed by atoms with Crippen LogP contribution >= 0.6 is 0 Å². The van der Waals surface area contributed by atoms with Gasteiger partial charge >= 0.3 is 0 Å². The first-order valence-corrected chi connectivity index (χ1v) is 10.9. The molecule has 0 spiro atoms. The maximum absolute atomic E-state index is 12.8. The monoisotopic (exact) mass is 406 g/mol. The molecule has 1 unspecified atom stereocenters. The normalized spacial score (nSPS) is 20.0.